The van der Waals surface area contributed by atoms with Crippen LogP contribution in [0.15, 0.2) is 0 Å². The van der Waals surface area contributed by atoms with Gasteiger partial charge < -0.3 is 5.11 Å². The Kier molecular flexibility index (Phi) is 5.47. The van der Waals surface area contributed by atoms with Crippen LogP contribution in [0.2, 0.25) is 0 Å². The van der Waals surface area contributed by atoms with Gasteiger partial charge in [0.15, 0.2) is 0 Å². The predicted molar refractivity (Wildman–Crippen MR) is 69.5 cm³/mol. The standard InChI is InChI=1S/C13H22N2O4/c1-4-9(5-2)15-11(16)8-10(13(15)19)14(3)7-6-12(17)18/h9-10H,4-8H2,1-3H3,(H,17,18). The minimum Gasteiger partial charge on any atom is -0.481 e. The van der Waals surface area contributed by atoms with Gasteiger partial charge >= 0.3 is 5.97 Å². The van der Waals surface area contributed by atoms with Gasteiger partial charge in [-0.05, 0) is 19.9 Å². The number of hydrogen-bond donors (Lipinski definition) is 1. The van der Waals surface area contributed by atoms with Crippen molar-refractivity contribution in [1.82, 2.24) is 9.80 Å². The second-order valence-electron chi connectivity index (χ2n) is 4.92. The molecular formula is C13H22N2O4. The van der Waals surface area contributed by atoms with Crippen molar-refractivity contribution in [2.75, 3.05) is 13.6 Å². The van der Waals surface area contributed by atoms with E-state index in [-0.39, 0.29) is 37.2 Å². The average molecular weight is 270 g/mol. The molecular weight excluding hydrogens is 248 g/mol. The molecule has 6 heteroatoms. The SMILES string of the molecule is CCC(CC)N1C(=O)CC(N(C)CCC(=O)O)C1=O. The molecule has 1 fully saturated rings. The third-order valence-electron chi connectivity index (χ3n) is 3.68. The normalized spacial score (nSPS) is 19.8. The molecule has 0 spiro atoms. The van der Waals surface area contributed by atoms with E-state index in [9.17, 15) is 14.4 Å². The van der Waals surface area contributed by atoms with Crippen molar-refractivity contribution in [1.29, 1.82) is 0 Å². The molecule has 1 aliphatic heterocycles. The monoisotopic (exact) mass is 270 g/mol. The summed E-state index contributed by atoms with van der Waals surface area (Å²) in [6.45, 7) is 4.18. The molecule has 0 aromatic heterocycles. The summed E-state index contributed by atoms with van der Waals surface area (Å²) in [7, 11) is 1.69. The first-order chi connectivity index (χ1) is 8.92. The molecule has 0 aromatic carbocycles. The van der Waals surface area contributed by atoms with Gasteiger partial charge in [-0.15, -0.1) is 0 Å². The maximum Gasteiger partial charge on any atom is 0.304 e. The largest absolute Gasteiger partial charge is 0.481 e. The van der Waals surface area contributed by atoms with Gasteiger partial charge in [-0.1, -0.05) is 13.8 Å². The highest BCUT2D eigenvalue weighted by atomic mass is 16.4. The van der Waals surface area contributed by atoms with E-state index in [4.69, 9.17) is 5.11 Å². The zero-order valence-electron chi connectivity index (χ0n) is 11.8. The fourth-order valence-corrected chi connectivity index (χ4v) is 2.44. The summed E-state index contributed by atoms with van der Waals surface area (Å²) in [5.74, 6) is -1.24. The smallest absolute Gasteiger partial charge is 0.304 e. The van der Waals surface area contributed by atoms with Crippen molar-refractivity contribution >= 4 is 17.8 Å². The first kappa shape index (κ1) is 15.6. The van der Waals surface area contributed by atoms with E-state index in [1.165, 1.54) is 4.90 Å². The van der Waals surface area contributed by atoms with Gasteiger partial charge in [-0.3, -0.25) is 24.2 Å². The highest BCUT2D eigenvalue weighted by Gasteiger charge is 2.43. The molecule has 2 amide bonds. The number of carbonyl (C=O) groups is 3. The molecule has 6 nitrogen and oxygen atoms in total. The van der Waals surface area contributed by atoms with Crippen LogP contribution in [-0.2, 0) is 14.4 Å². The van der Waals surface area contributed by atoms with Gasteiger partial charge in [0, 0.05) is 12.6 Å². The van der Waals surface area contributed by atoms with Crippen LogP contribution >= 0.6 is 0 Å². The molecule has 1 saturated heterocycles. The molecule has 0 aromatic rings. The Bertz CT molecular complexity index is 366. The maximum atomic E-state index is 12.3. The molecule has 1 atom stereocenters. The van der Waals surface area contributed by atoms with Gasteiger partial charge in [-0.25, -0.2) is 0 Å². The molecule has 1 unspecified atom stereocenters. The lowest BCUT2D eigenvalue weighted by atomic mass is 10.1. The fraction of sp³-hybridized carbons (Fsp3) is 0.769. The molecule has 1 heterocycles. The summed E-state index contributed by atoms with van der Waals surface area (Å²) >= 11 is 0. The van der Waals surface area contributed by atoms with Crippen LogP contribution in [0.4, 0.5) is 0 Å². The lowest BCUT2D eigenvalue weighted by Gasteiger charge is -2.26. The summed E-state index contributed by atoms with van der Waals surface area (Å²) in [6.07, 6.45) is 1.63. The maximum absolute atomic E-state index is 12.3. The van der Waals surface area contributed by atoms with Crippen LogP contribution in [0.25, 0.3) is 0 Å². The third-order valence-corrected chi connectivity index (χ3v) is 3.68. The first-order valence-electron chi connectivity index (χ1n) is 6.70. The Labute approximate surface area is 113 Å². The minimum atomic E-state index is -0.902. The van der Waals surface area contributed by atoms with Crippen molar-refractivity contribution in [3.8, 4) is 0 Å². The molecule has 0 saturated carbocycles. The van der Waals surface area contributed by atoms with E-state index in [0.717, 1.165) is 12.8 Å². The Balaban J connectivity index is 2.71. The zero-order chi connectivity index (χ0) is 14.6. The number of rotatable bonds is 7. The number of carboxylic acids is 1. The van der Waals surface area contributed by atoms with Crippen molar-refractivity contribution in [3.63, 3.8) is 0 Å². The molecule has 0 radical (unpaired) electrons. The Morgan fingerprint density at radius 3 is 2.47 bits per heavy atom. The molecule has 108 valence electrons. The van der Waals surface area contributed by atoms with Crippen molar-refractivity contribution in [3.05, 3.63) is 0 Å². The summed E-state index contributed by atoms with van der Waals surface area (Å²) < 4.78 is 0. The van der Waals surface area contributed by atoms with Crippen LogP contribution in [0.5, 0.6) is 0 Å². The topological polar surface area (TPSA) is 77.9 Å². The van der Waals surface area contributed by atoms with E-state index in [0.29, 0.717) is 0 Å². The summed E-state index contributed by atoms with van der Waals surface area (Å²) in [5, 5.41) is 8.65. The number of likely N-dealkylation sites (tertiary alicyclic amines) is 1. The lowest BCUT2D eigenvalue weighted by molar-refractivity contribution is -0.143. The van der Waals surface area contributed by atoms with Gasteiger partial charge in [0.2, 0.25) is 11.8 Å². The second kappa shape index (κ2) is 6.65. The van der Waals surface area contributed by atoms with Gasteiger partial charge in [0.25, 0.3) is 0 Å². The fourth-order valence-electron chi connectivity index (χ4n) is 2.44. The number of carbonyl (C=O) groups excluding carboxylic acids is 2. The van der Waals surface area contributed by atoms with Crippen molar-refractivity contribution < 1.29 is 19.5 Å². The molecule has 0 aliphatic carbocycles. The summed E-state index contributed by atoms with van der Waals surface area (Å²) in [5.41, 5.74) is 0. The van der Waals surface area contributed by atoms with Gasteiger partial charge in [-0.2, -0.15) is 0 Å². The van der Waals surface area contributed by atoms with Crippen LogP contribution in [0, 0.1) is 0 Å². The Morgan fingerprint density at radius 2 is 2.00 bits per heavy atom. The summed E-state index contributed by atoms with van der Waals surface area (Å²) in [6, 6.07) is -0.551. The number of likely N-dealkylation sites (N-methyl/N-ethyl adjacent to an activating group) is 1. The minimum absolute atomic E-state index is 0.0283. The first-order valence-corrected chi connectivity index (χ1v) is 6.70. The van der Waals surface area contributed by atoms with Crippen LogP contribution < -0.4 is 0 Å². The highest BCUT2D eigenvalue weighted by Crippen LogP contribution is 2.23. The summed E-state index contributed by atoms with van der Waals surface area (Å²) in [4.78, 5) is 37.8. The van der Waals surface area contributed by atoms with E-state index < -0.39 is 12.0 Å². The van der Waals surface area contributed by atoms with Crippen LogP contribution in [0.1, 0.15) is 39.5 Å². The third kappa shape index (κ3) is 3.53. The van der Waals surface area contributed by atoms with Crippen molar-refractivity contribution in [2.45, 2.75) is 51.6 Å². The van der Waals surface area contributed by atoms with E-state index in [1.54, 1.807) is 11.9 Å². The Morgan fingerprint density at radius 1 is 1.42 bits per heavy atom. The number of imide groups is 1. The average Bonchev–Trinajstić information content (AvgIpc) is 2.65. The van der Waals surface area contributed by atoms with E-state index in [1.807, 2.05) is 13.8 Å². The number of amides is 2. The van der Waals surface area contributed by atoms with Crippen LogP contribution in [-0.4, -0.2) is 58.4 Å². The van der Waals surface area contributed by atoms with Gasteiger partial charge in [0.1, 0.15) is 0 Å². The molecule has 1 aliphatic rings. The number of carboxylic acid groups (broad SMARTS) is 1. The van der Waals surface area contributed by atoms with Crippen LogP contribution in [0.3, 0.4) is 0 Å². The number of nitrogens with zero attached hydrogens (tertiary/aromatic N) is 2. The molecule has 19 heavy (non-hydrogen) atoms. The predicted octanol–water partition coefficient (Wildman–Crippen LogP) is 0.709. The second-order valence-corrected chi connectivity index (χ2v) is 4.92. The molecule has 0 bridgehead atoms. The molecule has 1 rings (SSSR count). The number of hydrogen-bond acceptors (Lipinski definition) is 4. The Hall–Kier alpha value is -1.43. The van der Waals surface area contributed by atoms with E-state index >= 15 is 0 Å². The van der Waals surface area contributed by atoms with E-state index in [2.05, 4.69) is 0 Å². The quantitative estimate of drug-likeness (QED) is 0.689. The van der Waals surface area contributed by atoms with Gasteiger partial charge in [0.05, 0.1) is 18.9 Å². The zero-order valence-corrected chi connectivity index (χ0v) is 11.8. The molecule has 1 N–H and O–H groups in total. The lowest BCUT2D eigenvalue weighted by Crippen LogP contribution is -2.44. The van der Waals surface area contributed by atoms with Crippen molar-refractivity contribution in [2.24, 2.45) is 0 Å². The number of aliphatic carboxylic acids is 1. The highest BCUT2D eigenvalue weighted by molar-refractivity contribution is 6.05.